The molecule has 2 aromatic carbocycles. The number of carbonyl (C=O) groups is 4. The second-order valence-electron chi connectivity index (χ2n) is 11.2. The van der Waals surface area contributed by atoms with E-state index in [0.29, 0.717) is 29.9 Å². The lowest BCUT2D eigenvalue weighted by molar-refractivity contribution is -0.140. The monoisotopic (exact) mass is 569 g/mol. The Morgan fingerprint density at radius 1 is 0.780 bits per heavy atom. The number of nitrogens with two attached hydrogens (primary N) is 1. The third-order valence-corrected chi connectivity index (χ3v) is 6.93. The second-order valence-corrected chi connectivity index (χ2v) is 11.2. The van der Waals surface area contributed by atoms with Gasteiger partial charge in [0.15, 0.2) is 11.5 Å². The molecular weight excluding hydrogens is 526 g/mol. The maximum atomic E-state index is 12.7. The van der Waals surface area contributed by atoms with Gasteiger partial charge in [-0.15, -0.1) is 0 Å². The minimum absolute atomic E-state index is 0.00197. The molecule has 3 N–H and O–H groups in total. The number of esters is 3. The summed E-state index contributed by atoms with van der Waals surface area (Å²) in [6, 6.07) is 11.6. The van der Waals surface area contributed by atoms with E-state index in [1.54, 1.807) is 50.2 Å². The van der Waals surface area contributed by atoms with Crippen molar-refractivity contribution in [3.8, 4) is 11.5 Å². The largest absolute Gasteiger partial charge is 0.480 e. The maximum absolute atomic E-state index is 12.7. The van der Waals surface area contributed by atoms with Crippen molar-refractivity contribution in [1.29, 1.82) is 0 Å². The molecule has 0 saturated carbocycles. The van der Waals surface area contributed by atoms with Gasteiger partial charge in [0.05, 0.1) is 5.56 Å². The maximum Gasteiger partial charge on any atom is 0.338 e. The van der Waals surface area contributed by atoms with Gasteiger partial charge < -0.3 is 25.1 Å². The molecule has 224 valence electrons. The van der Waals surface area contributed by atoms with Crippen LogP contribution in [0.25, 0.3) is 0 Å². The third-order valence-electron chi connectivity index (χ3n) is 6.93. The smallest absolute Gasteiger partial charge is 0.338 e. The zero-order chi connectivity index (χ0) is 30.7. The van der Waals surface area contributed by atoms with Gasteiger partial charge in [-0.25, -0.2) is 4.79 Å². The number of hydrogen-bond donors (Lipinski definition) is 2. The number of rotatable bonds is 15. The molecule has 3 unspecified atom stereocenters. The molecule has 0 aliphatic heterocycles. The van der Waals surface area contributed by atoms with Crippen molar-refractivity contribution < 1.29 is 38.5 Å². The van der Waals surface area contributed by atoms with Crippen LogP contribution in [-0.4, -0.2) is 41.1 Å². The van der Waals surface area contributed by atoms with Crippen LogP contribution in [0.4, 0.5) is 0 Å². The van der Waals surface area contributed by atoms with Crippen LogP contribution < -0.4 is 15.2 Å². The predicted molar refractivity (Wildman–Crippen MR) is 155 cm³/mol. The molecule has 9 nitrogen and oxygen atoms in total. The van der Waals surface area contributed by atoms with Crippen LogP contribution in [0.1, 0.15) is 89.1 Å². The lowest BCUT2D eigenvalue weighted by Crippen LogP contribution is -2.42. The summed E-state index contributed by atoms with van der Waals surface area (Å²) >= 11 is 0. The van der Waals surface area contributed by atoms with Crippen LogP contribution in [0.5, 0.6) is 11.5 Å². The van der Waals surface area contributed by atoms with Gasteiger partial charge in [-0.3, -0.25) is 14.4 Å². The zero-order valence-electron chi connectivity index (χ0n) is 24.8. The number of carboxylic acid groups (broad SMARTS) is 1. The van der Waals surface area contributed by atoms with E-state index in [2.05, 4.69) is 0 Å². The van der Waals surface area contributed by atoms with Gasteiger partial charge in [0.2, 0.25) is 0 Å². The number of benzene rings is 2. The van der Waals surface area contributed by atoms with Gasteiger partial charge in [0, 0.05) is 24.7 Å². The average Bonchev–Trinajstić information content (AvgIpc) is 2.92. The first kappa shape index (κ1) is 33.5. The molecule has 0 bridgehead atoms. The van der Waals surface area contributed by atoms with Crippen molar-refractivity contribution in [1.82, 2.24) is 0 Å². The van der Waals surface area contributed by atoms with E-state index in [9.17, 15) is 24.3 Å². The van der Waals surface area contributed by atoms with Gasteiger partial charge in [-0.05, 0) is 61.4 Å². The Morgan fingerprint density at radius 2 is 1.32 bits per heavy atom. The second kappa shape index (κ2) is 15.9. The Balaban J connectivity index is 2.42. The van der Waals surface area contributed by atoms with Crippen molar-refractivity contribution >= 4 is 23.9 Å². The number of carboxylic acids is 1. The molecule has 0 aliphatic rings. The van der Waals surface area contributed by atoms with Crippen LogP contribution in [0.2, 0.25) is 0 Å². The average molecular weight is 570 g/mol. The Kier molecular flexibility index (Phi) is 13.0. The molecule has 41 heavy (non-hydrogen) atoms. The molecule has 2 rings (SSSR count). The Hall–Kier alpha value is -3.72. The highest BCUT2D eigenvalue weighted by atomic mass is 16.6. The molecule has 4 atom stereocenters. The highest BCUT2D eigenvalue weighted by molar-refractivity contribution is 5.89. The molecular formula is C32H43NO8. The molecule has 0 aromatic heterocycles. The molecule has 0 radical (unpaired) electrons. The molecule has 0 saturated heterocycles. The van der Waals surface area contributed by atoms with E-state index in [1.165, 1.54) is 12.1 Å². The summed E-state index contributed by atoms with van der Waals surface area (Å²) in [6.07, 6.45) is 0.865. The third kappa shape index (κ3) is 10.6. The molecule has 0 heterocycles. The van der Waals surface area contributed by atoms with Crippen LogP contribution in [0.3, 0.4) is 0 Å². The minimum Gasteiger partial charge on any atom is -0.480 e. The van der Waals surface area contributed by atoms with E-state index in [0.717, 1.165) is 0 Å². The van der Waals surface area contributed by atoms with E-state index >= 15 is 0 Å². The van der Waals surface area contributed by atoms with Crippen molar-refractivity contribution in [2.45, 2.75) is 85.3 Å². The first-order valence-corrected chi connectivity index (χ1v) is 14.1. The first-order valence-electron chi connectivity index (χ1n) is 14.1. The molecule has 0 aliphatic carbocycles. The van der Waals surface area contributed by atoms with Crippen molar-refractivity contribution in [2.24, 2.45) is 23.5 Å². The van der Waals surface area contributed by atoms with Gasteiger partial charge in [0.1, 0.15) is 12.1 Å². The minimum atomic E-state index is -1.37. The highest BCUT2D eigenvalue weighted by Crippen LogP contribution is 2.37. The van der Waals surface area contributed by atoms with Crippen molar-refractivity contribution in [3.63, 3.8) is 0 Å². The fourth-order valence-electron chi connectivity index (χ4n) is 4.26. The van der Waals surface area contributed by atoms with E-state index < -0.39 is 47.9 Å². The number of carbonyl (C=O) groups excluding carboxylic acids is 3. The van der Waals surface area contributed by atoms with Gasteiger partial charge >= 0.3 is 23.9 Å². The van der Waals surface area contributed by atoms with Gasteiger partial charge in [0.25, 0.3) is 0 Å². The standard InChI is InChI=1S/C32H43NO8/c1-19(2)12-16-27(34)40-25-15-14-24(18-26(25)41-28(35)17-13-20(3)4)29(30(33)31(36)37)21(5)22(6)39-32(38)23-10-8-7-9-11-23/h7-11,14-15,18-22,29-30H,12-13,16-17,33H2,1-6H3,(H,36,37)/t21?,22?,29?,30-/m0/s1. The molecule has 0 spiro atoms. The number of hydrogen-bond acceptors (Lipinski definition) is 8. The highest BCUT2D eigenvalue weighted by Gasteiger charge is 2.36. The Morgan fingerprint density at radius 3 is 1.83 bits per heavy atom. The summed E-state index contributed by atoms with van der Waals surface area (Å²) in [7, 11) is 0. The summed E-state index contributed by atoms with van der Waals surface area (Å²) in [5.41, 5.74) is 6.96. The molecule has 0 fully saturated rings. The summed E-state index contributed by atoms with van der Waals surface area (Å²) in [5, 5.41) is 9.83. The quantitative estimate of drug-likeness (QED) is 0.202. The van der Waals surface area contributed by atoms with Crippen LogP contribution in [0.15, 0.2) is 48.5 Å². The lowest BCUT2D eigenvalue weighted by Gasteiger charge is -2.32. The summed E-state index contributed by atoms with van der Waals surface area (Å²) in [4.78, 5) is 49.9. The molecule has 2 aromatic rings. The molecule has 9 heteroatoms. The van der Waals surface area contributed by atoms with E-state index in [-0.39, 0.29) is 30.3 Å². The number of ether oxygens (including phenoxy) is 3. The topological polar surface area (TPSA) is 142 Å². The van der Waals surface area contributed by atoms with Crippen LogP contribution in [0, 0.1) is 17.8 Å². The zero-order valence-corrected chi connectivity index (χ0v) is 24.8. The fraction of sp³-hybridized carbons (Fsp3) is 0.500. The van der Waals surface area contributed by atoms with E-state index in [4.69, 9.17) is 19.9 Å². The van der Waals surface area contributed by atoms with Crippen molar-refractivity contribution in [2.75, 3.05) is 0 Å². The van der Waals surface area contributed by atoms with Crippen LogP contribution in [-0.2, 0) is 19.1 Å². The fourth-order valence-corrected chi connectivity index (χ4v) is 4.26. The normalized spacial score (nSPS) is 14.2. The summed E-state index contributed by atoms with van der Waals surface area (Å²) in [5.74, 6) is -3.54. The SMILES string of the molecule is CC(C)CCC(=O)Oc1ccc(C(C(C)C(C)OC(=O)c2ccccc2)[C@H](N)C(=O)O)cc1OC(=O)CCC(C)C. The first-order chi connectivity index (χ1) is 19.3. The van der Waals surface area contributed by atoms with Gasteiger partial charge in [-0.1, -0.05) is 58.9 Å². The summed E-state index contributed by atoms with van der Waals surface area (Å²) in [6.45, 7) is 11.4. The van der Waals surface area contributed by atoms with E-state index in [1.807, 2.05) is 27.7 Å². The predicted octanol–water partition coefficient (Wildman–Crippen LogP) is 5.75. The Labute approximate surface area is 242 Å². The number of aliphatic carboxylic acids is 1. The lowest BCUT2D eigenvalue weighted by atomic mass is 9.79. The van der Waals surface area contributed by atoms with Crippen molar-refractivity contribution in [3.05, 3.63) is 59.7 Å². The Bertz CT molecular complexity index is 1180. The summed E-state index contributed by atoms with van der Waals surface area (Å²) < 4.78 is 16.8. The van der Waals surface area contributed by atoms with Crippen LogP contribution >= 0.6 is 0 Å². The van der Waals surface area contributed by atoms with Gasteiger partial charge in [-0.2, -0.15) is 0 Å². The molecule has 0 amide bonds.